The van der Waals surface area contributed by atoms with Crippen molar-refractivity contribution in [2.75, 3.05) is 30.8 Å². The molecular weight excluding hydrogens is 255 g/mol. The van der Waals surface area contributed by atoms with Crippen molar-refractivity contribution in [3.05, 3.63) is 17.9 Å². The van der Waals surface area contributed by atoms with Gasteiger partial charge in [-0.05, 0) is 24.7 Å². The number of benzene rings is 1. The highest BCUT2D eigenvalue weighted by molar-refractivity contribution is 5.70. The molecule has 0 spiro atoms. The lowest BCUT2D eigenvalue weighted by Crippen LogP contribution is -2.42. The van der Waals surface area contributed by atoms with Gasteiger partial charge in [-0.3, -0.25) is 0 Å². The van der Waals surface area contributed by atoms with Gasteiger partial charge in [0.25, 0.3) is 0 Å². The molecule has 1 aromatic carbocycles. The van der Waals surface area contributed by atoms with E-state index in [9.17, 15) is 4.39 Å². The molecule has 1 aliphatic heterocycles. The lowest BCUT2D eigenvalue weighted by molar-refractivity contribution is 0.202. The zero-order valence-corrected chi connectivity index (χ0v) is 12.1. The molecule has 2 aliphatic rings. The minimum Gasteiger partial charge on any atom is -0.494 e. The van der Waals surface area contributed by atoms with Crippen molar-refractivity contribution in [2.45, 2.75) is 32.1 Å². The normalized spacial score (nSPS) is 26.2. The standard InChI is InChI=1S/C16H23FN2O/c1-20-16-9-15(14(18)8-13(16)17)19-7-6-11-4-2-3-5-12(11)10-19/h8-9,11-12H,2-7,10,18H2,1H3. The van der Waals surface area contributed by atoms with E-state index < -0.39 is 0 Å². The fraction of sp³-hybridized carbons (Fsp3) is 0.625. The van der Waals surface area contributed by atoms with Crippen LogP contribution in [0.1, 0.15) is 32.1 Å². The molecule has 2 atom stereocenters. The molecule has 110 valence electrons. The number of nitrogens with two attached hydrogens (primary N) is 1. The molecule has 2 unspecified atom stereocenters. The Balaban J connectivity index is 1.82. The minimum atomic E-state index is -0.388. The number of ether oxygens (including phenoxy) is 1. The van der Waals surface area contributed by atoms with Crippen molar-refractivity contribution >= 4 is 11.4 Å². The summed E-state index contributed by atoms with van der Waals surface area (Å²) in [7, 11) is 1.49. The SMILES string of the molecule is COc1cc(N2CCC3CCCCC3C2)c(N)cc1F. The first-order chi connectivity index (χ1) is 9.69. The number of anilines is 2. The number of methoxy groups -OCH3 is 1. The van der Waals surface area contributed by atoms with E-state index >= 15 is 0 Å². The fourth-order valence-corrected chi connectivity index (χ4v) is 3.81. The Morgan fingerprint density at radius 3 is 2.70 bits per heavy atom. The van der Waals surface area contributed by atoms with Crippen LogP contribution in [0.5, 0.6) is 5.75 Å². The summed E-state index contributed by atoms with van der Waals surface area (Å²) in [5.74, 6) is 1.54. The lowest BCUT2D eigenvalue weighted by Gasteiger charge is -2.42. The zero-order chi connectivity index (χ0) is 14.1. The van der Waals surface area contributed by atoms with Gasteiger partial charge >= 0.3 is 0 Å². The first-order valence-corrected chi connectivity index (χ1v) is 7.57. The zero-order valence-electron chi connectivity index (χ0n) is 12.1. The summed E-state index contributed by atoms with van der Waals surface area (Å²) in [6.07, 6.45) is 6.65. The van der Waals surface area contributed by atoms with Crippen molar-refractivity contribution < 1.29 is 9.13 Å². The summed E-state index contributed by atoms with van der Waals surface area (Å²) in [5.41, 5.74) is 7.44. The van der Waals surface area contributed by atoms with Gasteiger partial charge in [0.15, 0.2) is 11.6 Å². The second kappa shape index (κ2) is 5.51. The van der Waals surface area contributed by atoms with E-state index in [1.54, 1.807) is 6.07 Å². The third kappa shape index (κ3) is 2.43. The van der Waals surface area contributed by atoms with Gasteiger partial charge in [0.2, 0.25) is 0 Å². The first kappa shape index (κ1) is 13.5. The quantitative estimate of drug-likeness (QED) is 0.842. The molecule has 2 fully saturated rings. The molecule has 1 saturated carbocycles. The number of nitrogens with zero attached hydrogens (tertiary/aromatic N) is 1. The van der Waals surface area contributed by atoms with Crippen molar-refractivity contribution in [1.82, 2.24) is 0 Å². The van der Waals surface area contributed by atoms with Crippen LogP contribution in [0, 0.1) is 17.7 Å². The molecular formula is C16H23FN2O. The van der Waals surface area contributed by atoms with Gasteiger partial charge in [0.1, 0.15) is 0 Å². The Morgan fingerprint density at radius 1 is 1.20 bits per heavy atom. The van der Waals surface area contributed by atoms with Crippen LogP contribution >= 0.6 is 0 Å². The van der Waals surface area contributed by atoms with Gasteiger partial charge in [0, 0.05) is 25.2 Å². The fourth-order valence-electron chi connectivity index (χ4n) is 3.81. The molecule has 1 aromatic rings. The number of hydrogen-bond donors (Lipinski definition) is 1. The number of halogens is 1. The summed E-state index contributed by atoms with van der Waals surface area (Å²) in [4.78, 5) is 2.31. The lowest BCUT2D eigenvalue weighted by atomic mass is 9.75. The highest BCUT2D eigenvalue weighted by Crippen LogP contribution is 2.40. The van der Waals surface area contributed by atoms with E-state index in [4.69, 9.17) is 10.5 Å². The van der Waals surface area contributed by atoms with Crippen LogP contribution in [0.15, 0.2) is 12.1 Å². The molecule has 0 radical (unpaired) electrons. The van der Waals surface area contributed by atoms with Crippen LogP contribution < -0.4 is 15.4 Å². The maximum absolute atomic E-state index is 13.6. The van der Waals surface area contributed by atoms with Crippen LogP contribution in [0.25, 0.3) is 0 Å². The Labute approximate surface area is 119 Å². The highest BCUT2D eigenvalue weighted by atomic mass is 19.1. The van der Waals surface area contributed by atoms with Gasteiger partial charge in [0.05, 0.1) is 18.5 Å². The summed E-state index contributed by atoms with van der Waals surface area (Å²) >= 11 is 0. The van der Waals surface area contributed by atoms with E-state index in [1.165, 1.54) is 45.3 Å². The molecule has 0 bridgehead atoms. The van der Waals surface area contributed by atoms with Crippen LogP contribution in [-0.4, -0.2) is 20.2 Å². The van der Waals surface area contributed by atoms with Crippen LogP contribution in [-0.2, 0) is 0 Å². The van der Waals surface area contributed by atoms with Crippen LogP contribution in [0.3, 0.4) is 0 Å². The number of piperidine rings is 1. The topological polar surface area (TPSA) is 38.5 Å². The molecule has 4 heteroatoms. The molecule has 1 aliphatic carbocycles. The van der Waals surface area contributed by atoms with Gasteiger partial charge in [-0.15, -0.1) is 0 Å². The summed E-state index contributed by atoms with van der Waals surface area (Å²) in [6, 6.07) is 3.12. The van der Waals surface area contributed by atoms with Crippen LogP contribution in [0.4, 0.5) is 15.8 Å². The van der Waals surface area contributed by atoms with E-state index in [0.717, 1.165) is 30.6 Å². The second-order valence-electron chi connectivity index (χ2n) is 6.08. The number of fused-ring (bicyclic) bond motifs is 1. The maximum atomic E-state index is 13.6. The van der Waals surface area contributed by atoms with Gasteiger partial charge in [-0.1, -0.05) is 19.3 Å². The second-order valence-corrected chi connectivity index (χ2v) is 6.08. The molecule has 20 heavy (non-hydrogen) atoms. The molecule has 0 aromatic heterocycles. The molecule has 1 heterocycles. The molecule has 1 saturated heterocycles. The van der Waals surface area contributed by atoms with Crippen LogP contribution in [0.2, 0.25) is 0 Å². The predicted octanol–water partition coefficient (Wildman–Crippen LogP) is 3.43. The number of hydrogen-bond acceptors (Lipinski definition) is 3. The average molecular weight is 278 g/mol. The minimum absolute atomic E-state index is 0.278. The molecule has 3 rings (SSSR count). The molecule has 0 amide bonds. The number of nitrogen functional groups attached to an aromatic ring is 1. The Kier molecular flexibility index (Phi) is 3.72. The van der Waals surface area contributed by atoms with E-state index in [1.807, 2.05) is 0 Å². The maximum Gasteiger partial charge on any atom is 0.167 e. The van der Waals surface area contributed by atoms with Crippen molar-refractivity contribution in [1.29, 1.82) is 0 Å². The highest BCUT2D eigenvalue weighted by Gasteiger charge is 2.32. The van der Waals surface area contributed by atoms with Crippen molar-refractivity contribution in [3.63, 3.8) is 0 Å². The molecule has 2 N–H and O–H groups in total. The summed E-state index contributed by atoms with van der Waals surface area (Å²) in [5, 5.41) is 0. The van der Waals surface area contributed by atoms with Gasteiger partial charge in [-0.25, -0.2) is 4.39 Å². The van der Waals surface area contributed by atoms with E-state index in [0.29, 0.717) is 5.69 Å². The third-order valence-corrected chi connectivity index (χ3v) is 4.93. The van der Waals surface area contributed by atoms with Crippen molar-refractivity contribution in [2.24, 2.45) is 11.8 Å². The summed E-state index contributed by atoms with van der Waals surface area (Å²) in [6.45, 7) is 2.06. The molecule has 3 nitrogen and oxygen atoms in total. The van der Waals surface area contributed by atoms with Crippen molar-refractivity contribution in [3.8, 4) is 5.75 Å². The smallest absolute Gasteiger partial charge is 0.167 e. The predicted molar refractivity (Wildman–Crippen MR) is 79.6 cm³/mol. The third-order valence-electron chi connectivity index (χ3n) is 4.93. The van der Waals surface area contributed by atoms with Gasteiger partial charge < -0.3 is 15.4 Å². The Morgan fingerprint density at radius 2 is 1.95 bits per heavy atom. The Hall–Kier alpha value is -1.45. The summed E-state index contributed by atoms with van der Waals surface area (Å²) < 4.78 is 18.7. The first-order valence-electron chi connectivity index (χ1n) is 7.57. The average Bonchev–Trinajstić information content (AvgIpc) is 2.47. The van der Waals surface area contributed by atoms with Gasteiger partial charge in [-0.2, -0.15) is 0 Å². The monoisotopic (exact) mass is 278 g/mol. The van der Waals surface area contributed by atoms with E-state index in [2.05, 4.69) is 4.90 Å². The number of rotatable bonds is 2. The largest absolute Gasteiger partial charge is 0.494 e. The van der Waals surface area contributed by atoms with E-state index in [-0.39, 0.29) is 11.6 Å². The Bertz CT molecular complexity index is 492.